The van der Waals surface area contributed by atoms with Crippen LogP contribution < -0.4 is 0 Å². The Kier molecular flexibility index (Phi) is 4.52. The Hall–Kier alpha value is -0.980. The van der Waals surface area contributed by atoms with Crippen LogP contribution in [0.15, 0.2) is 18.2 Å². The van der Waals surface area contributed by atoms with Crippen LogP contribution in [-0.4, -0.2) is 38.2 Å². The van der Waals surface area contributed by atoms with Gasteiger partial charge in [-0.1, -0.05) is 6.07 Å². The molecule has 0 radical (unpaired) electrons. The molecule has 6 heteroatoms. The maximum Gasteiger partial charge on any atom is 0.214 e. The van der Waals surface area contributed by atoms with E-state index in [4.69, 9.17) is 4.74 Å². The van der Waals surface area contributed by atoms with Gasteiger partial charge >= 0.3 is 0 Å². The number of nitrogens with zero attached hydrogens (tertiary/aromatic N) is 1. The first kappa shape index (κ1) is 15.9. The van der Waals surface area contributed by atoms with Crippen molar-refractivity contribution in [2.75, 3.05) is 25.5 Å². The van der Waals surface area contributed by atoms with Crippen molar-refractivity contribution in [2.24, 2.45) is 5.92 Å². The molecule has 1 atom stereocenters. The minimum atomic E-state index is -3.30. The number of hydrogen-bond acceptors (Lipinski definition) is 3. The molecule has 122 valence electrons. The highest BCUT2D eigenvalue weighted by Crippen LogP contribution is 2.33. The molecular weight excluding hydrogens is 305 g/mol. The molecule has 1 saturated heterocycles. The average molecular weight is 327 g/mol. The fraction of sp³-hybridized carbons (Fsp3) is 0.625. The second-order valence-electron chi connectivity index (χ2n) is 6.21. The van der Waals surface area contributed by atoms with Crippen LogP contribution in [0.3, 0.4) is 0 Å². The molecule has 2 aliphatic rings. The van der Waals surface area contributed by atoms with E-state index in [-0.39, 0.29) is 23.5 Å². The van der Waals surface area contributed by atoms with E-state index in [9.17, 15) is 12.8 Å². The molecule has 0 spiro atoms. The van der Waals surface area contributed by atoms with E-state index < -0.39 is 10.0 Å². The van der Waals surface area contributed by atoms with Gasteiger partial charge in [-0.15, -0.1) is 0 Å². The normalized spacial score (nSPS) is 24.2. The summed E-state index contributed by atoms with van der Waals surface area (Å²) < 4.78 is 45.7. The number of sulfonamides is 1. The third-order valence-corrected chi connectivity index (χ3v) is 6.84. The number of fused-ring (bicyclic) bond motifs is 1. The molecule has 0 aliphatic carbocycles. The lowest BCUT2D eigenvalue weighted by molar-refractivity contribution is 0.0719. The van der Waals surface area contributed by atoms with Crippen molar-refractivity contribution < 1.29 is 17.5 Å². The maximum atomic E-state index is 13.3. The Bertz CT molecular complexity index is 641. The Morgan fingerprint density at radius 2 is 2.05 bits per heavy atom. The van der Waals surface area contributed by atoms with Gasteiger partial charge in [0.05, 0.1) is 5.75 Å². The van der Waals surface area contributed by atoms with E-state index in [0.29, 0.717) is 26.2 Å². The van der Waals surface area contributed by atoms with Crippen molar-refractivity contribution in [2.45, 2.75) is 32.2 Å². The summed E-state index contributed by atoms with van der Waals surface area (Å²) in [4.78, 5) is 0. The summed E-state index contributed by atoms with van der Waals surface area (Å²) in [6.45, 7) is 3.62. The first-order valence-corrected chi connectivity index (χ1v) is 9.44. The number of hydrogen-bond donors (Lipinski definition) is 0. The first-order valence-electron chi connectivity index (χ1n) is 7.83. The second kappa shape index (κ2) is 6.26. The summed E-state index contributed by atoms with van der Waals surface area (Å²) in [7, 11) is -3.30. The van der Waals surface area contributed by atoms with Gasteiger partial charge in [-0.2, -0.15) is 4.31 Å². The Morgan fingerprint density at radius 1 is 1.32 bits per heavy atom. The van der Waals surface area contributed by atoms with E-state index in [1.165, 1.54) is 12.1 Å². The van der Waals surface area contributed by atoms with Crippen LogP contribution in [0, 0.1) is 11.7 Å². The molecule has 2 aliphatic heterocycles. The zero-order valence-electron chi connectivity index (χ0n) is 12.8. The predicted octanol–water partition coefficient (Wildman–Crippen LogP) is 2.50. The third kappa shape index (κ3) is 3.19. The van der Waals surface area contributed by atoms with Crippen molar-refractivity contribution in [3.8, 4) is 0 Å². The molecular formula is C16H22FNO3S. The third-order valence-electron chi connectivity index (χ3n) is 4.73. The summed E-state index contributed by atoms with van der Waals surface area (Å²) in [5.74, 6) is 0.113. The molecule has 0 N–H and O–H groups in total. The molecule has 1 aromatic carbocycles. The fourth-order valence-corrected chi connectivity index (χ4v) is 5.55. The summed E-state index contributed by atoms with van der Waals surface area (Å²) in [6.07, 6.45) is 2.19. The molecule has 0 amide bonds. The quantitative estimate of drug-likeness (QED) is 0.857. The van der Waals surface area contributed by atoms with E-state index in [1.54, 1.807) is 10.4 Å². The van der Waals surface area contributed by atoms with Gasteiger partial charge in [-0.3, -0.25) is 0 Å². The first-order chi connectivity index (χ1) is 10.5. The lowest BCUT2D eigenvalue weighted by Crippen LogP contribution is -2.42. The standard InChI is InChI=1S/C16H22FNO3S/c1-12-16-3-2-15(17)10-14(16)4-7-18(12)22(19,20)11-13-5-8-21-9-6-13/h2-3,10,12-13H,4-9,11H2,1H3/t12-/m0/s1. The van der Waals surface area contributed by atoms with Crippen LogP contribution in [0.2, 0.25) is 0 Å². The molecule has 0 aromatic heterocycles. The summed E-state index contributed by atoms with van der Waals surface area (Å²) in [5, 5.41) is 0. The van der Waals surface area contributed by atoms with Gasteiger partial charge in [-0.25, -0.2) is 12.8 Å². The lowest BCUT2D eigenvalue weighted by Gasteiger charge is -2.35. The van der Waals surface area contributed by atoms with E-state index >= 15 is 0 Å². The predicted molar refractivity (Wildman–Crippen MR) is 82.6 cm³/mol. The summed E-state index contributed by atoms with van der Waals surface area (Å²) in [5.41, 5.74) is 1.84. The lowest BCUT2D eigenvalue weighted by atomic mass is 9.95. The zero-order chi connectivity index (χ0) is 15.7. The van der Waals surface area contributed by atoms with Gasteiger partial charge in [-0.05, 0) is 55.4 Å². The highest BCUT2D eigenvalue weighted by molar-refractivity contribution is 7.89. The van der Waals surface area contributed by atoms with Gasteiger partial charge in [0.2, 0.25) is 10.0 Å². The molecule has 22 heavy (non-hydrogen) atoms. The van der Waals surface area contributed by atoms with Crippen molar-refractivity contribution in [1.29, 1.82) is 0 Å². The number of ether oxygens (including phenoxy) is 1. The highest BCUT2D eigenvalue weighted by atomic mass is 32.2. The van der Waals surface area contributed by atoms with Crippen LogP contribution in [0.5, 0.6) is 0 Å². The van der Waals surface area contributed by atoms with Crippen LogP contribution in [0.25, 0.3) is 0 Å². The van der Waals surface area contributed by atoms with Crippen molar-refractivity contribution in [1.82, 2.24) is 4.31 Å². The molecule has 4 nitrogen and oxygen atoms in total. The number of rotatable bonds is 3. The molecule has 1 fully saturated rings. The topological polar surface area (TPSA) is 46.6 Å². The van der Waals surface area contributed by atoms with Crippen LogP contribution in [-0.2, 0) is 21.2 Å². The van der Waals surface area contributed by atoms with Crippen molar-refractivity contribution in [3.63, 3.8) is 0 Å². The molecule has 0 saturated carbocycles. The van der Waals surface area contributed by atoms with Crippen LogP contribution in [0.4, 0.5) is 4.39 Å². The summed E-state index contributed by atoms with van der Waals surface area (Å²) >= 11 is 0. The largest absolute Gasteiger partial charge is 0.381 e. The Morgan fingerprint density at radius 3 is 2.77 bits per heavy atom. The smallest absolute Gasteiger partial charge is 0.214 e. The average Bonchev–Trinajstić information content (AvgIpc) is 2.47. The highest BCUT2D eigenvalue weighted by Gasteiger charge is 2.34. The van der Waals surface area contributed by atoms with Gasteiger partial charge in [0.15, 0.2) is 0 Å². The molecule has 1 aromatic rings. The monoisotopic (exact) mass is 327 g/mol. The van der Waals surface area contributed by atoms with Crippen LogP contribution in [0.1, 0.15) is 36.9 Å². The Balaban J connectivity index is 1.78. The fourth-order valence-electron chi connectivity index (χ4n) is 3.46. The number of halogens is 1. The van der Waals surface area contributed by atoms with E-state index in [2.05, 4.69) is 0 Å². The SMILES string of the molecule is C[C@H]1c2ccc(F)cc2CCN1S(=O)(=O)CC1CCOCC1. The van der Waals surface area contributed by atoms with Gasteiger partial charge < -0.3 is 4.74 Å². The van der Waals surface area contributed by atoms with E-state index in [0.717, 1.165) is 24.0 Å². The molecule has 0 unspecified atom stereocenters. The van der Waals surface area contributed by atoms with Gasteiger partial charge in [0.1, 0.15) is 5.82 Å². The molecule has 3 rings (SSSR count). The van der Waals surface area contributed by atoms with Gasteiger partial charge in [0.25, 0.3) is 0 Å². The van der Waals surface area contributed by atoms with Crippen molar-refractivity contribution >= 4 is 10.0 Å². The molecule has 0 bridgehead atoms. The number of benzene rings is 1. The Labute approximate surface area is 131 Å². The van der Waals surface area contributed by atoms with Crippen molar-refractivity contribution in [3.05, 3.63) is 35.1 Å². The van der Waals surface area contributed by atoms with Gasteiger partial charge in [0, 0.05) is 25.8 Å². The van der Waals surface area contributed by atoms with Crippen LogP contribution >= 0.6 is 0 Å². The minimum absolute atomic E-state index is 0.181. The zero-order valence-corrected chi connectivity index (χ0v) is 13.6. The maximum absolute atomic E-state index is 13.3. The molecule has 2 heterocycles. The minimum Gasteiger partial charge on any atom is -0.381 e. The van der Waals surface area contributed by atoms with E-state index in [1.807, 2.05) is 6.92 Å². The second-order valence-corrected chi connectivity index (χ2v) is 8.18. The summed E-state index contributed by atoms with van der Waals surface area (Å²) in [6, 6.07) is 4.41.